The molecular weight excluding hydrogens is 238 g/mol. The van der Waals surface area contributed by atoms with Crippen molar-refractivity contribution < 1.29 is 4.92 Å². The maximum atomic E-state index is 10.7. The first-order valence-electron chi connectivity index (χ1n) is 5.05. The number of hydrogen-bond acceptors (Lipinski definition) is 5. The van der Waals surface area contributed by atoms with Crippen molar-refractivity contribution in [1.82, 2.24) is 10.3 Å². The van der Waals surface area contributed by atoms with Crippen LogP contribution in [0.25, 0.3) is 10.6 Å². The fourth-order valence-corrected chi connectivity index (χ4v) is 2.37. The molecule has 5 nitrogen and oxygen atoms in total. The van der Waals surface area contributed by atoms with Crippen LogP contribution in [0.4, 0.5) is 5.69 Å². The van der Waals surface area contributed by atoms with Gasteiger partial charge in [0.15, 0.2) is 0 Å². The molecule has 6 heteroatoms. The molecule has 17 heavy (non-hydrogen) atoms. The van der Waals surface area contributed by atoms with Crippen molar-refractivity contribution in [1.29, 1.82) is 0 Å². The summed E-state index contributed by atoms with van der Waals surface area (Å²) in [5.74, 6) is 0. The number of non-ortho nitro benzene ring substituents is 1. The van der Waals surface area contributed by atoms with Gasteiger partial charge in [-0.05, 0) is 7.05 Å². The molecule has 2 rings (SSSR count). The summed E-state index contributed by atoms with van der Waals surface area (Å²) in [6, 6.07) is 6.52. The summed E-state index contributed by atoms with van der Waals surface area (Å²) in [5.41, 5.74) is 0.874. The van der Waals surface area contributed by atoms with Gasteiger partial charge in [0, 0.05) is 35.3 Å². The average molecular weight is 249 g/mol. The molecule has 2 aromatic rings. The highest BCUT2D eigenvalue weighted by molar-refractivity contribution is 7.15. The molecule has 0 aliphatic heterocycles. The summed E-state index contributed by atoms with van der Waals surface area (Å²) in [4.78, 5) is 15.6. The van der Waals surface area contributed by atoms with Gasteiger partial charge in [-0.2, -0.15) is 0 Å². The van der Waals surface area contributed by atoms with Gasteiger partial charge in [0.05, 0.1) is 4.92 Å². The van der Waals surface area contributed by atoms with Crippen LogP contribution in [0.1, 0.15) is 4.88 Å². The van der Waals surface area contributed by atoms with E-state index in [4.69, 9.17) is 0 Å². The van der Waals surface area contributed by atoms with Gasteiger partial charge in [0.1, 0.15) is 5.01 Å². The third-order valence-electron chi connectivity index (χ3n) is 2.21. The van der Waals surface area contributed by atoms with Crippen LogP contribution in [0.3, 0.4) is 0 Å². The zero-order chi connectivity index (χ0) is 12.3. The molecular formula is C11H11N3O2S. The van der Waals surface area contributed by atoms with E-state index in [0.29, 0.717) is 0 Å². The van der Waals surface area contributed by atoms with Gasteiger partial charge in [-0.15, -0.1) is 11.3 Å². The van der Waals surface area contributed by atoms with Gasteiger partial charge in [-0.3, -0.25) is 10.1 Å². The lowest BCUT2D eigenvalue weighted by Crippen LogP contribution is -2.02. The Morgan fingerprint density at radius 1 is 1.53 bits per heavy atom. The van der Waals surface area contributed by atoms with Gasteiger partial charge >= 0.3 is 0 Å². The van der Waals surface area contributed by atoms with Gasteiger partial charge in [0.2, 0.25) is 0 Å². The highest BCUT2D eigenvalue weighted by Gasteiger charge is 2.09. The Bertz CT molecular complexity index is 539. The van der Waals surface area contributed by atoms with Crippen LogP contribution in [-0.2, 0) is 6.54 Å². The molecule has 0 radical (unpaired) electrons. The van der Waals surface area contributed by atoms with Crippen molar-refractivity contribution in [2.24, 2.45) is 0 Å². The van der Waals surface area contributed by atoms with Crippen molar-refractivity contribution in [3.8, 4) is 10.6 Å². The minimum absolute atomic E-state index is 0.0906. The van der Waals surface area contributed by atoms with Crippen molar-refractivity contribution in [2.45, 2.75) is 6.54 Å². The monoisotopic (exact) mass is 249 g/mol. The Labute approximate surface area is 102 Å². The van der Waals surface area contributed by atoms with E-state index in [0.717, 1.165) is 22.0 Å². The molecule has 0 bridgehead atoms. The Hall–Kier alpha value is -1.79. The maximum Gasteiger partial charge on any atom is 0.270 e. The lowest BCUT2D eigenvalue weighted by atomic mass is 10.2. The molecule has 1 heterocycles. The molecule has 1 aromatic heterocycles. The molecule has 0 saturated carbocycles. The summed E-state index contributed by atoms with van der Waals surface area (Å²) in [6.07, 6.45) is 1.79. The number of aromatic nitrogens is 1. The first-order chi connectivity index (χ1) is 8.20. The lowest BCUT2D eigenvalue weighted by molar-refractivity contribution is -0.384. The van der Waals surface area contributed by atoms with Gasteiger partial charge in [-0.25, -0.2) is 4.98 Å². The van der Waals surface area contributed by atoms with E-state index in [2.05, 4.69) is 10.3 Å². The highest BCUT2D eigenvalue weighted by atomic mass is 32.1. The van der Waals surface area contributed by atoms with Crippen LogP contribution < -0.4 is 5.32 Å². The number of nitro benzene ring substituents is 1. The Morgan fingerprint density at radius 2 is 2.35 bits per heavy atom. The van der Waals surface area contributed by atoms with Gasteiger partial charge in [0.25, 0.3) is 5.69 Å². The normalized spacial score (nSPS) is 10.4. The molecule has 1 N–H and O–H groups in total. The van der Waals surface area contributed by atoms with E-state index in [1.807, 2.05) is 13.1 Å². The minimum Gasteiger partial charge on any atom is -0.315 e. The molecule has 88 valence electrons. The number of rotatable bonds is 4. The van der Waals surface area contributed by atoms with Crippen LogP contribution in [0.2, 0.25) is 0 Å². The van der Waals surface area contributed by atoms with Gasteiger partial charge < -0.3 is 5.32 Å². The predicted octanol–water partition coefficient (Wildman–Crippen LogP) is 2.44. The van der Waals surface area contributed by atoms with Crippen LogP contribution in [0.15, 0.2) is 30.5 Å². The highest BCUT2D eigenvalue weighted by Crippen LogP contribution is 2.27. The zero-order valence-corrected chi connectivity index (χ0v) is 10.0. The summed E-state index contributed by atoms with van der Waals surface area (Å²) in [7, 11) is 1.87. The maximum absolute atomic E-state index is 10.7. The largest absolute Gasteiger partial charge is 0.315 e. The van der Waals surface area contributed by atoms with Gasteiger partial charge in [-0.1, -0.05) is 12.1 Å². The van der Waals surface area contributed by atoms with Crippen LogP contribution in [0.5, 0.6) is 0 Å². The molecule has 0 amide bonds. The molecule has 0 aliphatic rings. The summed E-state index contributed by atoms with van der Waals surface area (Å²) in [6.45, 7) is 0.757. The van der Waals surface area contributed by atoms with Crippen LogP contribution >= 0.6 is 11.3 Å². The third-order valence-corrected chi connectivity index (χ3v) is 3.25. The Morgan fingerprint density at radius 3 is 3.06 bits per heavy atom. The molecule has 0 fully saturated rings. The Balaban J connectivity index is 2.32. The second kappa shape index (κ2) is 5.03. The van der Waals surface area contributed by atoms with E-state index < -0.39 is 4.92 Å². The second-order valence-electron chi connectivity index (χ2n) is 3.47. The minimum atomic E-state index is -0.397. The number of hydrogen-bond donors (Lipinski definition) is 1. The third kappa shape index (κ3) is 2.66. The predicted molar refractivity (Wildman–Crippen MR) is 67.0 cm³/mol. The topological polar surface area (TPSA) is 68.1 Å². The van der Waals surface area contributed by atoms with Crippen LogP contribution in [-0.4, -0.2) is 17.0 Å². The van der Waals surface area contributed by atoms with Crippen molar-refractivity contribution in [2.75, 3.05) is 7.05 Å². The van der Waals surface area contributed by atoms with E-state index in [9.17, 15) is 10.1 Å². The fourth-order valence-electron chi connectivity index (χ4n) is 1.45. The summed E-state index contributed by atoms with van der Waals surface area (Å²) < 4.78 is 0. The molecule has 0 aliphatic carbocycles. The van der Waals surface area contributed by atoms with Crippen molar-refractivity contribution >= 4 is 17.0 Å². The van der Waals surface area contributed by atoms with Crippen LogP contribution in [0, 0.1) is 10.1 Å². The SMILES string of the molecule is CNCc1cnc(-c2cccc([N+](=O)[O-])c2)s1. The number of nitrogens with one attached hydrogen (secondary N) is 1. The standard InChI is InChI=1S/C11H11N3O2S/c1-12-6-10-7-13-11(17-10)8-3-2-4-9(5-8)14(15)16/h2-5,7,12H,6H2,1H3. The quantitative estimate of drug-likeness (QED) is 0.667. The van der Waals surface area contributed by atoms with E-state index >= 15 is 0 Å². The first-order valence-corrected chi connectivity index (χ1v) is 5.86. The number of nitro groups is 1. The molecule has 0 atom stereocenters. The average Bonchev–Trinajstić information content (AvgIpc) is 2.78. The smallest absolute Gasteiger partial charge is 0.270 e. The van der Waals surface area contributed by atoms with E-state index in [1.54, 1.807) is 18.3 Å². The zero-order valence-electron chi connectivity index (χ0n) is 9.21. The Kier molecular flexibility index (Phi) is 3.46. The lowest BCUT2D eigenvalue weighted by Gasteiger charge is -1.96. The van der Waals surface area contributed by atoms with Crippen molar-refractivity contribution in [3.05, 3.63) is 45.5 Å². The number of nitrogens with zero attached hydrogens (tertiary/aromatic N) is 2. The van der Waals surface area contributed by atoms with E-state index in [-0.39, 0.29) is 5.69 Å². The number of benzene rings is 1. The fraction of sp³-hybridized carbons (Fsp3) is 0.182. The molecule has 0 unspecified atom stereocenters. The molecule has 0 spiro atoms. The summed E-state index contributed by atoms with van der Waals surface area (Å²) in [5, 5.41) is 14.5. The van der Waals surface area contributed by atoms with Crippen molar-refractivity contribution in [3.63, 3.8) is 0 Å². The molecule has 0 saturated heterocycles. The second-order valence-corrected chi connectivity index (χ2v) is 4.58. The first kappa shape index (κ1) is 11.7. The molecule has 1 aromatic carbocycles. The van der Waals surface area contributed by atoms with E-state index in [1.165, 1.54) is 17.4 Å². The number of thiazole rings is 1. The summed E-state index contributed by atoms with van der Waals surface area (Å²) >= 11 is 1.53.